The average molecular weight is 287 g/mol. The Kier molecular flexibility index (Phi) is 3.51. The van der Waals surface area contributed by atoms with Crippen LogP contribution in [0.5, 0.6) is 5.88 Å². The molecule has 0 unspecified atom stereocenters. The van der Waals surface area contributed by atoms with E-state index in [4.69, 9.17) is 15.0 Å². The maximum Gasteiger partial charge on any atom is 0.254 e. The summed E-state index contributed by atoms with van der Waals surface area (Å²) in [5.41, 5.74) is 8.11. The summed E-state index contributed by atoms with van der Waals surface area (Å²) >= 11 is 0. The van der Waals surface area contributed by atoms with E-state index >= 15 is 0 Å². The Labute approximate surface area is 122 Å². The normalized spacial score (nSPS) is 13.9. The van der Waals surface area contributed by atoms with Crippen LogP contribution in [0.2, 0.25) is 0 Å². The highest BCUT2D eigenvalue weighted by Gasteiger charge is 2.22. The minimum Gasteiger partial charge on any atom is -0.479 e. The van der Waals surface area contributed by atoms with Crippen molar-refractivity contribution < 1.29 is 14.1 Å². The van der Waals surface area contributed by atoms with Gasteiger partial charge in [-0.05, 0) is 35.7 Å². The number of aromatic nitrogens is 1. The van der Waals surface area contributed by atoms with Gasteiger partial charge in [-0.25, -0.2) is 0 Å². The summed E-state index contributed by atoms with van der Waals surface area (Å²) in [5, 5.41) is 3.80. The molecule has 6 nitrogen and oxygen atoms in total. The number of nitrogens with two attached hydrogens (primary N) is 1. The number of carbonyl (C=O) groups excluding carboxylic acids is 1. The molecule has 21 heavy (non-hydrogen) atoms. The SMILES string of the molecule is COc1cc(CN2CCCc3c(C(N)=O)cccc32)on1. The first-order chi connectivity index (χ1) is 10.2. The van der Waals surface area contributed by atoms with Crippen molar-refractivity contribution in [3.63, 3.8) is 0 Å². The summed E-state index contributed by atoms with van der Waals surface area (Å²) in [7, 11) is 1.55. The molecule has 0 saturated heterocycles. The summed E-state index contributed by atoms with van der Waals surface area (Å²) in [5.74, 6) is 0.812. The van der Waals surface area contributed by atoms with Crippen molar-refractivity contribution in [1.29, 1.82) is 0 Å². The summed E-state index contributed by atoms with van der Waals surface area (Å²) in [6.45, 7) is 1.49. The Balaban J connectivity index is 1.90. The molecule has 1 aliphatic rings. The second-order valence-electron chi connectivity index (χ2n) is 5.03. The molecule has 0 fully saturated rings. The lowest BCUT2D eigenvalue weighted by atomic mass is 9.96. The second-order valence-corrected chi connectivity index (χ2v) is 5.03. The van der Waals surface area contributed by atoms with Crippen LogP contribution in [0.1, 0.15) is 28.1 Å². The fourth-order valence-electron chi connectivity index (χ4n) is 2.75. The Morgan fingerprint density at radius 3 is 3.10 bits per heavy atom. The number of ether oxygens (including phenoxy) is 1. The predicted molar refractivity (Wildman–Crippen MR) is 77.4 cm³/mol. The quantitative estimate of drug-likeness (QED) is 0.926. The zero-order valence-electron chi connectivity index (χ0n) is 11.8. The van der Waals surface area contributed by atoms with Crippen molar-refractivity contribution in [3.8, 4) is 5.88 Å². The maximum atomic E-state index is 11.5. The van der Waals surface area contributed by atoms with Gasteiger partial charge in [0.15, 0.2) is 5.76 Å². The number of primary amides is 1. The van der Waals surface area contributed by atoms with Gasteiger partial charge in [0.25, 0.3) is 5.88 Å². The molecule has 1 aliphatic heterocycles. The van der Waals surface area contributed by atoms with Gasteiger partial charge in [-0.15, -0.1) is 0 Å². The molecule has 6 heteroatoms. The van der Waals surface area contributed by atoms with Gasteiger partial charge in [0.1, 0.15) is 0 Å². The van der Waals surface area contributed by atoms with Gasteiger partial charge in [-0.3, -0.25) is 4.79 Å². The molecule has 2 N–H and O–H groups in total. The van der Waals surface area contributed by atoms with Crippen LogP contribution in [-0.4, -0.2) is 24.7 Å². The van der Waals surface area contributed by atoms with Crippen LogP contribution < -0.4 is 15.4 Å². The van der Waals surface area contributed by atoms with Crippen molar-refractivity contribution in [3.05, 3.63) is 41.2 Å². The van der Waals surface area contributed by atoms with Crippen LogP contribution >= 0.6 is 0 Å². The lowest BCUT2D eigenvalue weighted by Gasteiger charge is -2.31. The molecular formula is C15H17N3O3. The molecule has 1 aromatic heterocycles. The molecule has 0 radical (unpaired) electrons. The Morgan fingerprint density at radius 2 is 2.38 bits per heavy atom. The number of hydrogen-bond acceptors (Lipinski definition) is 5. The number of amides is 1. The number of methoxy groups -OCH3 is 1. The molecule has 0 spiro atoms. The topological polar surface area (TPSA) is 81.6 Å². The molecule has 1 amide bonds. The zero-order chi connectivity index (χ0) is 14.8. The van der Waals surface area contributed by atoms with E-state index in [1.807, 2.05) is 12.1 Å². The number of benzene rings is 1. The molecule has 1 aromatic carbocycles. The van der Waals surface area contributed by atoms with Crippen LogP contribution in [0.25, 0.3) is 0 Å². The Hall–Kier alpha value is -2.50. The van der Waals surface area contributed by atoms with Crippen LogP contribution in [-0.2, 0) is 13.0 Å². The van der Waals surface area contributed by atoms with Gasteiger partial charge >= 0.3 is 0 Å². The highest BCUT2D eigenvalue weighted by molar-refractivity contribution is 5.96. The molecule has 2 heterocycles. The number of anilines is 1. The molecule has 0 bridgehead atoms. The first-order valence-corrected chi connectivity index (χ1v) is 6.85. The third-order valence-corrected chi connectivity index (χ3v) is 3.71. The molecular weight excluding hydrogens is 270 g/mol. The standard InChI is InChI=1S/C15H17N3O3/c1-20-14-8-10(21-17-14)9-18-7-3-5-11-12(15(16)19)4-2-6-13(11)18/h2,4,6,8H,3,5,7,9H2,1H3,(H2,16,19). The highest BCUT2D eigenvalue weighted by Crippen LogP contribution is 2.31. The van der Waals surface area contributed by atoms with Gasteiger partial charge in [-0.1, -0.05) is 6.07 Å². The summed E-state index contributed by atoms with van der Waals surface area (Å²) in [6.07, 6.45) is 1.84. The van der Waals surface area contributed by atoms with Gasteiger partial charge in [0.2, 0.25) is 5.91 Å². The van der Waals surface area contributed by atoms with E-state index in [-0.39, 0.29) is 5.91 Å². The minimum absolute atomic E-state index is 0.380. The van der Waals surface area contributed by atoms with E-state index in [1.165, 1.54) is 0 Å². The van der Waals surface area contributed by atoms with Gasteiger partial charge in [-0.2, -0.15) is 0 Å². The lowest BCUT2D eigenvalue weighted by molar-refractivity contribution is 0.0999. The molecule has 0 saturated carbocycles. The number of fused-ring (bicyclic) bond motifs is 1. The molecule has 2 aromatic rings. The van der Waals surface area contributed by atoms with Crippen molar-refractivity contribution in [1.82, 2.24) is 5.16 Å². The van der Waals surface area contributed by atoms with Crippen molar-refractivity contribution in [2.45, 2.75) is 19.4 Å². The van der Waals surface area contributed by atoms with E-state index in [0.29, 0.717) is 18.0 Å². The highest BCUT2D eigenvalue weighted by atomic mass is 16.5. The van der Waals surface area contributed by atoms with E-state index in [9.17, 15) is 4.79 Å². The van der Waals surface area contributed by atoms with Crippen molar-refractivity contribution >= 4 is 11.6 Å². The Bertz CT molecular complexity index is 666. The van der Waals surface area contributed by atoms with Crippen molar-refractivity contribution in [2.24, 2.45) is 5.73 Å². The van der Waals surface area contributed by atoms with Gasteiger partial charge < -0.3 is 19.9 Å². The van der Waals surface area contributed by atoms with E-state index < -0.39 is 0 Å². The number of nitrogens with zero attached hydrogens (tertiary/aromatic N) is 2. The van der Waals surface area contributed by atoms with Crippen LogP contribution in [0, 0.1) is 0 Å². The number of hydrogen-bond donors (Lipinski definition) is 1. The zero-order valence-corrected chi connectivity index (χ0v) is 11.8. The first kappa shape index (κ1) is 13.5. The van der Waals surface area contributed by atoms with Crippen LogP contribution in [0.15, 0.2) is 28.8 Å². The van der Waals surface area contributed by atoms with Gasteiger partial charge in [0, 0.05) is 23.9 Å². The summed E-state index contributed by atoms with van der Waals surface area (Å²) < 4.78 is 10.3. The summed E-state index contributed by atoms with van der Waals surface area (Å²) in [6, 6.07) is 7.42. The monoisotopic (exact) mass is 287 g/mol. The smallest absolute Gasteiger partial charge is 0.254 e. The first-order valence-electron chi connectivity index (χ1n) is 6.85. The van der Waals surface area contributed by atoms with E-state index in [2.05, 4.69) is 10.1 Å². The third kappa shape index (κ3) is 2.56. The predicted octanol–water partition coefficient (Wildman–Crippen LogP) is 1.73. The second kappa shape index (κ2) is 5.47. The number of rotatable bonds is 4. The lowest BCUT2D eigenvalue weighted by Crippen LogP contribution is -2.30. The Morgan fingerprint density at radius 1 is 1.52 bits per heavy atom. The summed E-state index contributed by atoms with van der Waals surface area (Å²) in [4.78, 5) is 13.7. The minimum atomic E-state index is -0.380. The molecule has 0 atom stereocenters. The third-order valence-electron chi connectivity index (χ3n) is 3.71. The van der Waals surface area contributed by atoms with Crippen LogP contribution in [0.3, 0.4) is 0 Å². The van der Waals surface area contributed by atoms with Crippen molar-refractivity contribution in [2.75, 3.05) is 18.6 Å². The largest absolute Gasteiger partial charge is 0.479 e. The molecule has 0 aliphatic carbocycles. The maximum absolute atomic E-state index is 11.5. The molecule has 3 rings (SSSR count). The molecule has 110 valence electrons. The number of carbonyl (C=O) groups is 1. The van der Waals surface area contributed by atoms with Gasteiger partial charge in [0.05, 0.1) is 13.7 Å². The van der Waals surface area contributed by atoms with E-state index in [0.717, 1.165) is 36.4 Å². The fourth-order valence-corrected chi connectivity index (χ4v) is 2.75. The average Bonchev–Trinajstić information content (AvgIpc) is 2.94. The van der Waals surface area contributed by atoms with Crippen LogP contribution in [0.4, 0.5) is 5.69 Å². The fraction of sp³-hybridized carbons (Fsp3) is 0.333. The van der Waals surface area contributed by atoms with E-state index in [1.54, 1.807) is 19.2 Å².